The van der Waals surface area contributed by atoms with E-state index in [1.165, 1.54) is 7.11 Å². The summed E-state index contributed by atoms with van der Waals surface area (Å²) >= 11 is 3.35. The van der Waals surface area contributed by atoms with Crippen LogP contribution in [0.15, 0.2) is 27.6 Å². The van der Waals surface area contributed by atoms with E-state index in [0.29, 0.717) is 18.8 Å². The molecule has 1 aromatic rings. The first-order valence-electron chi connectivity index (χ1n) is 7.06. The zero-order valence-corrected chi connectivity index (χ0v) is 15.9. The standard InChI is InChI=1S/C14H21BrN2O3S.ClH/c1-3-8-17(11-6-7-16-10-11)21(18,19)12-4-5-13(15)14(9-12)20-2;/h4-5,9,11,16H,3,6-8,10H2,1-2H3;1H. The molecule has 0 aromatic heterocycles. The van der Waals surface area contributed by atoms with Crippen LogP contribution in [-0.2, 0) is 10.0 Å². The fourth-order valence-corrected chi connectivity index (χ4v) is 4.71. The highest BCUT2D eigenvalue weighted by atomic mass is 79.9. The third kappa shape index (κ3) is 4.14. The predicted octanol–water partition coefficient (Wildman–Crippen LogP) is 2.64. The second-order valence-corrected chi connectivity index (χ2v) is 7.80. The van der Waals surface area contributed by atoms with Gasteiger partial charge < -0.3 is 10.1 Å². The van der Waals surface area contributed by atoms with Crippen LogP contribution in [0.3, 0.4) is 0 Å². The highest BCUT2D eigenvalue weighted by Gasteiger charge is 2.32. The molecule has 126 valence electrons. The normalized spacial score (nSPS) is 18.3. The zero-order valence-electron chi connectivity index (χ0n) is 12.7. The molecule has 0 amide bonds. The Labute approximate surface area is 147 Å². The Kier molecular flexibility index (Phi) is 7.61. The van der Waals surface area contributed by atoms with E-state index >= 15 is 0 Å². The number of nitrogens with zero attached hydrogens (tertiary/aromatic N) is 1. The number of hydrogen-bond acceptors (Lipinski definition) is 4. The van der Waals surface area contributed by atoms with E-state index in [-0.39, 0.29) is 23.3 Å². The Balaban J connectivity index is 0.00000242. The van der Waals surface area contributed by atoms with Crippen molar-refractivity contribution in [3.8, 4) is 5.75 Å². The number of halogens is 2. The largest absolute Gasteiger partial charge is 0.496 e. The minimum absolute atomic E-state index is 0. The summed E-state index contributed by atoms with van der Waals surface area (Å²) in [4.78, 5) is 0.280. The molecule has 1 saturated heterocycles. The van der Waals surface area contributed by atoms with Crippen molar-refractivity contribution in [3.63, 3.8) is 0 Å². The van der Waals surface area contributed by atoms with E-state index in [1.807, 2.05) is 6.92 Å². The molecule has 0 spiro atoms. The molecule has 0 radical (unpaired) electrons. The SMILES string of the molecule is CCCN(C1CCNC1)S(=O)(=O)c1ccc(Br)c(OC)c1.Cl. The zero-order chi connectivity index (χ0) is 15.5. The first kappa shape index (κ1) is 19.7. The second-order valence-electron chi connectivity index (χ2n) is 5.06. The first-order chi connectivity index (χ1) is 10.0. The molecular formula is C14H22BrClN2O3S. The monoisotopic (exact) mass is 412 g/mol. The lowest BCUT2D eigenvalue weighted by Gasteiger charge is -2.27. The summed E-state index contributed by atoms with van der Waals surface area (Å²) in [6.07, 6.45) is 1.65. The van der Waals surface area contributed by atoms with Gasteiger partial charge in [0.1, 0.15) is 5.75 Å². The number of ether oxygens (including phenoxy) is 1. The molecule has 1 aromatic carbocycles. The van der Waals surface area contributed by atoms with Gasteiger partial charge in [-0.25, -0.2) is 8.42 Å². The number of rotatable bonds is 6. The molecule has 22 heavy (non-hydrogen) atoms. The van der Waals surface area contributed by atoms with E-state index in [9.17, 15) is 8.42 Å². The van der Waals surface area contributed by atoms with Gasteiger partial charge in [-0.05, 0) is 47.4 Å². The van der Waals surface area contributed by atoms with Gasteiger partial charge in [-0.3, -0.25) is 0 Å². The molecular weight excluding hydrogens is 392 g/mol. The smallest absolute Gasteiger partial charge is 0.243 e. The average molecular weight is 414 g/mol. The third-order valence-corrected chi connectivity index (χ3v) is 6.22. The summed E-state index contributed by atoms with van der Waals surface area (Å²) in [5.41, 5.74) is 0. The molecule has 8 heteroatoms. The Morgan fingerprint density at radius 2 is 2.18 bits per heavy atom. The third-order valence-electron chi connectivity index (χ3n) is 3.61. The maximum Gasteiger partial charge on any atom is 0.243 e. The predicted molar refractivity (Wildman–Crippen MR) is 93.4 cm³/mol. The van der Waals surface area contributed by atoms with Gasteiger partial charge in [-0.2, -0.15) is 4.31 Å². The lowest BCUT2D eigenvalue weighted by Crippen LogP contribution is -2.42. The van der Waals surface area contributed by atoms with Gasteiger partial charge in [0.25, 0.3) is 0 Å². The van der Waals surface area contributed by atoms with Crippen LogP contribution in [0.2, 0.25) is 0 Å². The minimum atomic E-state index is -3.50. The van der Waals surface area contributed by atoms with Crippen LogP contribution >= 0.6 is 28.3 Å². The lowest BCUT2D eigenvalue weighted by atomic mass is 10.2. The minimum Gasteiger partial charge on any atom is -0.496 e. The summed E-state index contributed by atoms with van der Waals surface area (Å²) < 4.78 is 33.4. The number of hydrogen-bond donors (Lipinski definition) is 1. The van der Waals surface area contributed by atoms with E-state index < -0.39 is 10.0 Å². The molecule has 1 unspecified atom stereocenters. The summed E-state index contributed by atoms with van der Waals surface area (Å²) in [5.74, 6) is 0.525. The number of methoxy groups -OCH3 is 1. The van der Waals surface area contributed by atoms with Gasteiger partial charge in [0.2, 0.25) is 10.0 Å². The Morgan fingerprint density at radius 3 is 2.73 bits per heavy atom. The summed E-state index contributed by atoms with van der Waals surface area (Å²) in [6.45, 7) is 4.11. The van der Waals surface area contributed by atoms with Crippen LogP contribution in [0, 0.1) is 0 Å². The molecule has 5 nitrogen and oxygen atoms in total. The van der Waals surface area contributed by atoms with Crippen LogP contribution < -0.4 is 10.1 Å². The number of sulfonamides is 1. The fourth-order valence-electron chi connectivity index (χ4n) is 2.54. The van der Waals surface area contributed by atoms with E-state index in [0.717, 1.165) is 23.9 Å². The molecule has 0 saturated carbocycles. The maximum absolute atomic E-state index is 12.9. The van der Waals surface area contributed by atoms with Crippen molar-refractivity contribution < 1.29 is 13.2 Å². The quantitative estimate of drug-likeness (QED) is 0.779. The van der Waals surface area contributed by atoms with Crippen molar-refractivity contribution in [1.82, 2.24) is 9.62 Å². The Bertz CT molecular complexity index is 592. The second kappa shape index (κ2) is 8.49. The number of nitrogens with one attached hydrogen (secondary N) is 1. The average Bonchev–Trinajstić information content (AvgIpc) is 2.98. The van der Waals surface area contributed by atoms with Crippen molar-refractivity contribution in [2.75, 3.05) is 26.7 Å². The van der Waals surface area contributed by atoms with Crippen molar-refractivity contribution in [2.24, 2.45) is 0 Å². The summed E-state index contributed by atoms with van der Waals surface area (Å²) in [6, 6.07) is 4.93. The van der Waals surface area contributed by atoms with Crippen molar-refractivity contribution in [2.45, 2.75) is 30.7 Å². The van der Waals surface area contributed by atoms with Crippen LogP contribution in [0.4, 0.5) is 0 Å². The summed E-state index contributed by atoms with van der Waals surface area (Å²) in [7, 11) is -1.97. The maximum atomic E-state index is 12.9. The van der Waals surface area contributed by atoms with Crippen molar-refractivity contribution >= 4 is 38.4 Å². The lowest BCUT2D eigenvalue weighted by molar-refractivity contribution is 0.334. The first-order valence-corrected chi connectivity index (χ1v) is 9.30. The molecule has 0 bridgehead atoms. The molecule has 1 aliphatic heterocycles. The van der Waals surface area contributed by atoms with Crippen LogP contribution in [0.25, 0.3) is 0 Å². The Morgan fingerprint density at radius 1 is 1.45 bits per heavy atom. The van der Waals surface area contributed by atoms with Gasteiger partial charge in [0, 0.05) is 25.2 Å². The van der Waals surface area contributed by atoms with Crippen LogP contribution in [0.5, 0.6) is 5.75 Å². The summed E-state index contributed by atoms with van der Waals surface area (Å²) in [5, 5.41) is 3.23. The highest BCUT2D eigenvalue weighted by Crippen LogP contribution is 2.30. The molecule has 2 rings (SSSR count). The fraction of sp³-hybridized carbons (Fsp3) is 0.571. The van der Waals surface area contributed by atoms with Crippen molar-refractivity contribution in [1.29, 1.82) is 0 Å². The van der Waals surface area contributed by atoms with E-state index in [1.54, 1.807) is 22.5 Å². The van der Waals surface area contributed by atoms with Gasteiger partial charge in [-0.1, -0.05) is 6.92 Å². The van der Waals surface area contributed by atoms with Crippen LogP contribution in [-0.4, -0.2) is 45.5 Å². The molecule has 0 aliphatic carbocycles. The Hall–Kier alpha value is -0.340. The highest BCUT2D eigenvalue weighted by molar-refractivity contribution is 9.10. The van der Waals surface area contributed by atoms with Crippen LogP contribution in [0.1, 0.15) is 19.8 Å². The molecule has 1 fully saturated rings. The van der Waals surface area contributed by atoms with Crippen molar-refractivity contribution in [3.05, 3.63) is 22.7 Å². The van der Waals surface area contributed by atoms with Gasteiger partial charge in [0.05, 0.1) is 16.5 Å². The number of benzene rings is 1. The molecule has 1 aliphatic rings. The molecule has 1 N–H and O–H groups in total. The molecule has 1 heterocycles. The topological polar surface area (TPSA) is 58.6 Å². The molecule has 1 atom stereocenters. The van der Waals surface area contributed by atoms with Gasteiger partial charge in [-0.15, -0.1) is 12.4 Å². The van der Waals surface area contributed by atoms with E-state index in [2.05, 4.69) is 21.2 Å². The van der Waals surface area contributed by atoms with Gasteiger partial charge >= 0.3 is 0 Å². The van der Waals surface area contributed by atoms with E-state index in [4.69, 9.17) is 4.74 Å². The van der Waals surface area contributed by atoms with Gasteiger partial charge in [0.15, 0.2) is 0 Å².